The summed E-state index contributed by atoms with van der Waals surface area (Å²) in [7, 11) is 0. The van der Waals surface area contributed by atoms with E-state index < -0.39 is 0 Å². The summed E-state index contributed by atoms with van der Waals surface area (Å²) in [6.45, 7) is 7.47. The molecule has 31 heavy (non-hydrogen) atoms. The number of ether oxygens (including phenoxy) is 1. The maximum atomic E-state index is 9.85. The minimum atomic E-state index is 0.0827. The molecule has 1 fully saturated rings. The van der Waals surface area contributed by atoms with Crippen molar-refractivity contribution in [2.45, 2.75) is 26.2 Å². The molecule has 1 N–H and O–H groups in total. The molecule has 0 aliphatic carbocycles. The van der Waals surface area contributed by atoms with Crippen LogP contribution in [0, 0.1) is 13.8 Å². The smallest absolute Gasteiger partial charge is 0.0878 e. The number of aromatic nitrogens is 1. The number of rotatable bonds is 6. The molecule has 0 spiro atoms. The first-order valence-corrected chi connectivity index (χ1v) is 10.8. The van der Waals surface area contributed by atoms with Gasteiger partial charge in [-0.3, -0.25) is 4.98 Å². The molecule has 1 aromatic heterocycles. The van der Waals surface area contributed by atoms with Gasteiger partial charge in [-0.25, -0.2) is 0 Å². The maximum Gasteiger partial charge on any atom is 0.0878 e. The van der Waals surface area contributed by atoms with Crippen LogP contribution in [0.4, 0.5) is 5.69 Å². The van der Waals surface area contributed by atoms with E-state index in [9.17, 15) is 5.21 Å². The zero-order chi connectivity index (χ0) is 21.6. The van der Waals surface area contributed by atoms with Crippen LogP contribution < -0.4 is 4.90 Å². The molecule has 1 atom stereocenters. The monoisotopic (exact) mass is 415 g/mol. The topological polar surface area (TPSA) is 58.0 Å². The first-order valence-electron chi connectivity index (χ1n) is 10.8. The van der Waals surface area contributed by atoms with E-state index in [0.717, 1.165) is 37.6 Å². The van der Waals surface area contributed by atoms with Crippen molar-refractivity contribution >= 4 is 11.4 Å². The third-order valence-electron chi connectivity index (χ3n) is 5.98. The first kappa shape index (κ1) is 21.1. The van der Waals surface area contributed by atoms with Crippen LogP contribution in [0.1, 0.15) is 40.3 Å². The van der Waals surface area contributed by atoms with E-state index in [-0.39, 0.29) is 5.92 Å². The van der Waals surface area contributed by atoms with Gasteiger partial charge in [-0.2, -0.15) is 0 Å². The Morgan fingerprint density at radius 3 is 2.48 bits per heavy atom. The van der Waals surface area contributed by atoms with E-state index in [4.69, 9.17) is 4.74 Å². The Morgan fingerprint density at radius 2 is 1.81 bits per heavy atom. The number of morpholine rings is 1. The molecule has 4 rings (SSSR count). The van der Waals surface area contributed by atoms with Crippen molar-refractivity contribution in [1.82, 2.24) is 4.98 Å². The Morgan fingerprint density at radius 1 is 1.06 bits per heavy atom. The molecule has 1 saturated heterocycles. The summed E-state index contributed by atoms with van der Waals surface area (Å²) >= 11 is 0. The van der Waals surface area contributed by atoms with Crippen LogP contribution in [0.2, 0.25) is 0 Å². The van der Waals surface area contributed by atoms with Crippen LogP contribution in [0.5, 0.6) is 0 Å². The lowest BCUT2D eigenvalue weighted by molar-refractivity contribution is 0.122. The Hall–Kier alpha value is -3.18. The average molecular weight is 416 g/mol. The standard InChI is InChI=1S/C26H29N3O2/c1-19-5-3-4-6-24(19)25(18-26(28-30)22-11-12-27-20(2)17-22)21-7-9-23(10-8-21)29-13-15-31-16-14-29/h3-12,17,25,30H,13-16,18H2,1-2H3. The quantitative estimate of drug-likeness (QED) is 0.352. The highest BCUT2D eigenvalue weighted by molar-refractivity contribution is 6.01. The minimum absolute atomic E-state index is 0.0827. The molecule has 2 heterocycles. The Balaban J connectivity index is 1.67. The first-order chi connectivity index (χ1) is 15.2. The molecule has 0 radical (unpaired) electrons. The molecule has 5 heteroatoms. The fourth-order valence-corrected chi connectivity index (χ4v) is 4.26. The number of hydrogen-bond acceptors (Lipinski definition) is 5. The molecule has 1 unspecified atom stereocenters. The molecule has 1 aliphatic heterocycles. The van der Waals surface area contributed by atoms with Gasteiger partial charge in [-0.05, 0) is 54.8 Å². The van der Waals surface area contributed by atoms with Gasteiger partial charge in [0.1, 0.15) is 0 Å². The lowest BCUT2D eigenvalue weighted by Gasteiger charge is -2.29. The van der Waals surface area contributed by atoms with Crippen molar-refractivity contribution in [2.24, 2.45) is 5.16 Å². The summed E-state index contributed by atoms with van der Waals surface area (Å²) in [4.78, 5) is 6.63. The lowest BCUT2D eigenvalue weighted by atomic mass is 9.83. The van der Waals surface area contributed by atoms with Crippen molar-refractivity contribution in [3.8, 4) is 0 Å². The van der Waals surface area contributed by atoms with E-state index >= 15 is 0 Å². The third kappa shape index (κ3) is 4.94. The van der Waals surface area contributed by atoms with Crippen LogP contribution in [-0.4, -0.2) is 42.2 Å². The molecule has 160 valence electrons. The van der Waals surface area contributed by atoms with Gasteiger partial charge in [-0.1, -0.05) is 41.6 Å². The van der Waals surface area contributed by atoms with Crippen LogP contribution in [0.15, 0.2) is 72.0 Å². The zero-order valence-electron chi connectivity index (χ0n) is 18.2. The van der Waals surface area contributed by atoms with Crippen LogP contribution in [0.3, 0.4) is 0 Å². The molecule has 0 saturated carbocycles. The van der Waals surface area contributed by atoms with Gasteiger partial charge < -0.3 is 14.8 Å². The van der Waals surface area contributed by atoms with Crippen molar-refractivity contribution in [3.63, 3.8) is 0 Å². The summed E-state index contributed by atoms with van der Waals surface area (Å²) in [5, 5.41) is 13.5. The predicted octanol–water partition coefficient (Wildman–Crippen LogP) is 4.94. The minimum Gasteiger partial charge on any atom is -0.411 e. The van der Waals surface area contributed by atoms with Gasteiger partial charge in [0.25, 0.3) is 0 Å². The largest absolute Gasteiger partial charge is 0.411 e. The van der Waals surface area contributed by atoms with E-state index in [1.807, 2.05) is 19.1 Å². The fraction of sp³-hybridized carbons (Fsp3) is 0.308. The van der Waals surface area contributed by atoms with Gasteiger partial charge in [0.2, 0.25) is 0 Å². The van der Waals surface area contributed by atoms with Crippen molar-refractivity contribution in [2.75, 3.05) is 31.2 Å². The highest BCUT2D eigenvalue weighted by Gasteiger charge is 2.21. The summed E-state index contributed by atoms with van der Waals surface area (Å²) in [5.41, 5.74) is 7.37. The van der Waals surface area contributed by atoms with Gasteiger partial charge in [-0.15, -0.1) is 0 Å². The van der Waals surface area contributed by atoms with Crippen molar-refractivity contribution in [1.29, 1.82) is 0 Å². The lowest BCUT2D eigenvalue weighted by Crippen LogP contribution is -2.36. The summed E-state index contributed by atoms with van der Waals surface area (Å²) in [5.74, 6) is 0.0827. The zero-order valence-corrected chi connectivity index (χ0v) is 18.2. The average Bonchev–Trinajstić information content (AvgIpc) is 2.81. The molecule has 5 nitrogen and oxygen atoms in total. The van der Waals surface area contributed by atoms with Crippen LogP contribution in [0.25, 0.3) is 0 Å². The van der Waals surface area contributed by atoms with Gasteiger partial charge in [0.05, 0.1) is 18.9 Å². The number of pyridine rings is 1. The molecule has 3 aromatic rings. The molecule has 2 aromatic carbocycles. The number of anilines is 1. The van der Waals surface area contributed by atoms with E-state index in [1.165, 1.54) is 22.4 Å². The molecule has 1 aliphatic rings. The van der Waals surface area contributed by atoms with E-state index in [1.54, 1.807) is 6.20 Å². The van der Waals surface area contributed by atoms with Gasteiger partial charge in [0, 0.05) is 48.6 Å². The maximum absolute atomic E-state index is 9.85. The number of aryl methyl sites for hydroxylation is 2. The summed E-state index contributed by atoms with van der Waals surface area (Å²) in [6.07, 6.45) is 2.36. The normalized spacial score (nSPS) is 15.7. The van der Waals surface area contributed by atoms with Gasteiger partial charge >= 0.3 is 0 Å². The molecular formula is C26H29N3O2. The van der Waals surface area contributed by atoms with Crippen LogP contribution in [-0.2, 0) is 4.74 Å². The van der Waals surface area contributed by atoms with Crippen molar-refractivity contribution < 1.29 is 9.94 Å². The Kier molecular flexibility index (Phi) is 6.63. The summed E-state index contributed by atoms with van der Waals surface area (Å²) in [6, 6.07) is 21.1. The molecular weight excluding hydrogens is 386 g/mol. The highest BCUT2D eigenvalue weighted by Crippen LogP contribution is 2.33. The number of hydrogen-bond donors (Lipinski definition) is 1. The van der Waals surface area contributed by atoms with E-state index in [0.29, 0.717) is 12.1 Å². The summed E-state index contributed by atoms with van der Waals surface area (Å²) < 4.78 is 5.48. The number of nitrogens with zero attached hydrogens (tertiary/aromatic N) is 3. The highest BCUT2D eigenvalue weighted by atomic mass is 16.5. The number of oxime groups is 1. The van der Waals surface area contributed by atoms with Gasteiger partial charge in [0.15, 0.2) is 0 Å². The SMILES string of the molecule is Cc1cc(C(CC(c2ccc(N3CCOCC3)cc2)c2ccccc2C)=NO)ccn1. The Bertz CT molecular complexity index is 1040. The van der Waals surface area contributed by atoms with Crippen molar-refractivity contribution in [3.05, 3.63) is 94.8 Å². The Labute approximate surface area is 184 Å². The second kappa shape index (κ2) is 9.75. The third-order valence-corrected chi connectivity index (χ3v) is 5.98. The fourth-order valence-electron chi connectivity index (χ4n) is 4.26. The van der Waals surface area contributed by atoms with Crippen LogP contribution >= 0.6 is 0 Å². The molecule has 0 bridgehead atoms. The molecule has 0 amide bonds. The predicted molar refractivity (Wildman–Crippen MR) is 124 cm³/mol. The van der Waals surface area contributed by atoms with E-state index in [2.05, 4.69) is 70.5 Å². The second-order valence-electron chi connectivity index (χ2n) is 8.04. The second-order valence-corrected chi connectivity index (χ2v) is 8.04. The number of benzene rings is 2.